The van der Waals surface area contributed by atoms with Crippen LogP contribution in [0, 0.1) is 0 Å². The lowest BCUT2D eigenvalue weighted by Gasteiger charge is -2.01. The molecule has 0 bridgehead atoms. The number of aromatic nitrogens is 2. The van der Waals surface area contributed by atoms with Gasteiger partial charge in [-0.25, -0.2) is 4.98 Å². The van der Waals surface area contributed by atoms with Crippen molar-refractivity contribution < 1.29 is 78.9 Å². The number of aliphatic carboxylic acids is 7. The molecule has 0 aromatic carbocycles. The number of carboxylic acid groups (broad SMARTS) is 7. The summed E-state index contributed by atoms with van der Waals surface area (Å²) in [4.78, 5) is 96.3. The van der Waals surface area contributed by atoms with Crippen molar-refractivity contribution >= 4 is 53.6 Å². The van der Waals surface area contributed by atoms with Gasteiger partial charge in [0.2, 0.25) is 11.8 Å². The van der Waals surface area contributed by atoms with Gasteiger partial charge in [-0.05, 0) is 12.8 Å². The SMILES string of the molecule is NC(=O)CC(N)C(=O)O.NC(=O)CCC(N)C(=O)O.NC(CC(=O)O)C(=O)O.NC(CCC(=O)O)C(=O)O.NC(Cc1c[nH]cn1)C(=O)O. The fourth-order valence-electron chi connectivity index (χ4n) is 2.12. The Kier molecular flexibility index (Phi) is 29.1. The van der Waals surface area contributed by atoms with Crippen LogP contribution in [0.1, 0.15) is 44.2 Å². The number of hydrogen-bond acceptors (Lipinski definition) is 15. The lowest BCUT2D eigenvalue weighted by atomic mass is 10.2. The Hall–Kier alpha value is -5.76. The zero-order valence-corrected chi connectivity index (χ0v) is 25.8. The van der Waals surface area contributed by atoms with Gasteiger partial charge in [0.15, 0.2) is 0 Å². The third-order valence-corrected chi connectivity index (χ3v) is 4.76. The molecule has 1 rings (SSSR count). The molecule has 25 nitrogen and oxygen atoms in total. The lowest BCUT2D eigenvalue weighted by Crippen LogP contribution is -2.34. The number of primary amides is 2. The first-order chi connectivity index (χ1) is 22.3. The molecule has 5 atom stereocenters. The molecule has 22 N–H and O–H groups in total. The monoisotopic (exact) mass is 713 g/mol. The van der Waals surface area contributed by atoms with E-state index in [4.69, 9.17) is 70.1 Å². The molecule has 0 spiro atoms. The second-order valence-electron chi connectivity index (χ2n) is 9.19. The van der Waals surface area contributed by atoms with Crippen LogP contribution in [0.25, 0.3) is 0 Å². The second kappa shape index (κ2) is 28.5. The van der Waals surface area contributed by atoms with Crippen LogP contribution in [0.5, 0.6) is 0 Å². The van der Waals surface area contributed by atoms with E-state index in [1.807, 2.05) is 0 Å². The molecule has 0 aliphatic heterocycles. The predicted octanol–water partition coefficient (Wildman–Crippen LogP) is -5.56. The summed E-state index contributed by atoms with van der Waals surface area (Å²) in [6, 6.07) is -5.35. The van der Waals surface area contributed by atoms with Crippen LogP contribution in [0.4, 0.5) is 0 Å². The third kappa shape index (κ3) is 36.6. The first kappa shape index (κ1) is 50.1. The molecule has 49 heavy (non-hydrogen) atoms. The number of H-pyrrole nitrogens is 1. The number of nitrogens with one attached hydrogen (secondary N) is 1. The van der Waals surface area contributed by atoms with Crippen molar-refractivity contribution in [3.05, 3.63) is 18.2 Å². The molecule has 0 saturated heterocycles. The van der Waals surface area contributed by atoms with Crippen molar-refractivity contribution in [2.45, 2.75) is 75.2 Å². The minimum atomic E-state index is -1.29. The second-order valence-corrected chi connectivity index (χ2v) is 9.19. The molecule has 0 radical (unpaired) electrons. The van der Waals surface area contributed by atoms with Gasteiger partial charge in [-0.15, -0.1) is 0 Å². The number of nitrogens with two attached hydrogens (primary N) is 7. The Morgan fingerprint density at radius 3 is 1.18 bits per heavy atom. The highest BCUT2D eigenvalue weighted by atomic mass is 16.4. The molecule has 0 aliphatic carbocycles. The molecule has 25 heteroatoms. The van der Waals surface area contributed by atoms with E-state index in [2.05, 4.69) is 15.7 Å². The van der Waals surface area contributed by atoms with Crippen LogP contribution >= 0.6 is 0 Å². The fraction of sp³-hybridized carbons (Fsp3) is 0.500. The zero-order chi connectivity index (χ0) is 39.4. The maximum atomic E-state index is 10.3. The van der Waals surface area contributed by atoms with E-state index in [9.17, 15) is 43.2 Å². The topological polar surface area (TPSA) is 506 Å². The van der Waals surface area contributed by atoms with Crippen molar-refractivity contribution in [3.8, 4) is 0 Å². The van der Waals surface area contributed by atoms with Crippen molar-refractivity contribution in [1.82, 2.24) is 9.97 Å². The van der Waals surface area contributed by atoms with E-state index < -0.39 is 90.2 Å². The highest BCUT2D eigenvalue weighted by molar-refractivity contribution is 5.83. The largest absolute Gasteiger partial charge is 0.481 e. The molecule has 1 aromatic rings. The molecule has 0 saturated carbocycles. The van der Waals surface area contributed by atoms with Gasteiger partial charge >= 0.3 is 41.8 Å². The van der Waals surface area contributed by atoms with Gasteiger partial charge in [0.25, 0.3) is 0 Å². The molecular formula is C24H43N9O16. The maximum absolute atomic E-state index is 10.3. The Morgan fingerprint density at radius 2 is 0.939 bits per heavy atom. The van der Waals surface area contributed by atoms with Gasteiger partial charge in [-0.1, -0.05) is 0 Å². The Labute approximate surface area is 276 Å². The van der Waals surface area contributed by atoms with Crippen LogP contribution in [-0.2, 0) is 49.6 Å². The first-order valence-electron chi connectivity index (χ1n) is 13.2. The van der Waals surface area contributed by atoms with E-state index in [0.29, 0.717) is 5.69 Å². The van der Waals surface area contributed by atoms with Gasteiger partial charge in [0, 0.05) is 25.5 Å². The lowest BCUT2D eigenvalue weighted by molar-refractivity contribution is -0.144. The number of imidazole rings is 1. The third-order valence-electron chi connectivity index (χ3n) is 4.76. The number of aromatic amines is 1. The Balaban J connectivity index is -0.000000259. The highest BCUT2D eigenvalue weighted by Crippen LogP contribution is 1.96. The Morgan fingerprint density at radius 1 is 0.551 bits per heavy atom. The fourth-order valence-corrected chi connectivity index (χ4v) is 2.12. The van der Waals surface area contributed by atoms with E-state index in [0.717, 1.165) is 0 Å². The summed E-state index contributed by atoms with van der Waals surface area (Å²) in [7, 11) is 0. The van der Waals surface area contributed by atoms with Crippen molar-refractivity contribution in [3.63, 3.8) is 0 Å². The molecule has 1 heterocycles. The predicted molar refractivity (Wildman–Crippen MR) is 162 cm³/mol. The number of amides is 2. The van der Waals surface area contributed by atoms with Crippen LogP contribution in [0.3, 0.4) is 0 Å². The quantitative estimate of drug-likeness (QED) is 0.0715. The molecular weight excluding hydrogens is 670 g/mol. The maximum Gasteiger partial charge on any atom is 0.321 e. The van der Waals surface area contributed by atoms with Gasteiger partial charge < -0.3 is 80.9 Å². The van der Waals surface area contributed by atoms with E-state index in [1.165, 1.54) is 6.33 Å². The zero-order valence-electron chi connectivity index (χ0n) is 25.8. The summed E-state index contributed by atoms with van der Waals surface area (Å²) >= 11 is 0. The number of carboxylic acids is 7. The average molecular weight is 714 g/mol. The summed E-state index contributed by atoms with van der Waals surface area (Å²) in [6.45, 7) is 0. The first-order valence-corrected chi connectivity index (χ1v) is 13.2. The van der Waals surface area contributed by atoms with E-state index in [1.54, 1.807) is 6.20 Å². The smallest absolute Gasteiger partial charge is 0.321 e. The molecule has 0 aliphatic rings. The number of rotatable bonds is 17. The Bertz CT molecular complexity index is 1150. The molecule has 1 aromatic heterocycles. The molecule has 0 fully saturated rings. The van der Waals surface area contributed by atoms with E-state index >= 15 is 0 Å². The average Bonchev–Trinajstić information content (AvgIpc) is 3.48. The van der Waals surface area contributed by atoms with E-state index in [-0.39, 0.29) is 38.5 Å². The minimum Gasteiger partial charge on any atom is -0.481 e. The van der Waals surface area contributed by atoms with Gasteiger partial charge in [-0.2, -0.15) is 0 Å². The van der Waals surface area contributed by atoms with Gasteiger partial charge in [0.05, 0.1) is 24.9 Å². The normalized spacial score (nSPS) is 12.6. The van der Waals surface area contributed by atoms with Crippen LogP contribution < -0.4 is 40.1 Å². The summed E-state index contributed by atoms with van der Waals surface area (Å²) < 4.78 is 0. The minimum absolute atomic E-state index is 0.0213. The van der Waals surface area contributed by atoms with Crippen molar-refractivity contribution in [2.24, 2.45) is 40.1 Å². The number of hydrogen-bond donors (Lipinski definition) is 15. The summed E-state index contributed by atoms with van der Waals surface area (Å²) in [6.07, 6.45) is 2.44. The molecule has 2 amide bonds. The summed E-state index contributed by atoms with van der Waals surface area (Å²) in [5.41, 5.74) is 35.1. The number of carbonyl (C=O) groups is 9. The highest BCUT2D eigenvalue weighted by Gasteiger charge is 2.15. The summed E-state index contributed by atoms with van der Waals surface area (Å²) in [5, 5.41) is 57.0. The molecule has 5 unspecified atom stereocenters. The molecule has 280 valence electrons. The van der Waals surface area contributed by atoms with Crippen LogP contribution in [0.15, 0.2) is 12.5 Å². The number of carbonyl (C=O) groups excluding carboxylic acids is 2. The number of nitrogens with zero attached hydrogens (tertiary/aromatic N) is 1. The van der Waals surface area contributed by atoms with Crippen molar-refractivity contribution in [2.75, 3.05) is 0 Å². The summed E-state index contributed by atoms with van der Waals surface area (Å²) in [5.74, 6) is -9.26. The van der Waals surface area contributed by atoms with Crippen molar-refractivity contribution in [1.29, 1.82) is 0 Å². The standard InChI is InChI=1S/C6H9N3O2.C5H10N2O3.C5H9NO4.C4H8N2O3.C4H7NO4/c7-5(6(10)11)1-4-2-8-3-9-4;2*6-3(5(9)10)1-2-4(7)8;2*5-2(4(8)9)1-3(6)7/h2-3,5H,1,7H2,(H,8,9)(H,10,11);3H,1-2,6H2,(H2,7,8)(H,9,10);3H,1-2,6H2,(H,7,8)(H,9,10);2H,1,5H2,(H2,6,7)(H,8,9);2H,1,5H2,(H,6,7)(H,8,9). The van der Waals surface area contributed by atoms with Crippen LogP contribution in [-0.4, -0.2) is 130 Å². The van der Waals surface area contributed by atoms with Gasteiger partial charge in [0.1, 0.15) is 30.2 Å². The van der Waals surface area contributed by atoms with Gasteiger partial charge in [-0.3, -0.25) is 43.2 Å². The van der Waals surface area contributed by atoms with Crippen LogP contribution in [0.2, 0.25) is 0 Å².